The van der Waals surface area contributed by atoms with E-state index in [1.807, 2.05) is 30.3 Å². The third-order valence-corrected chi connectivity index (χ3v) is 7.30. The standard InChI is InChI=1S/C30H31N3O6/c1-36-26-9-5-22-13-27(26)38-18-29(34)31-14-19-2-6-23(7-3-19)39-28-17-33(16-24(28)32-30(22)35)15-20-4-8-25-21(12-20)10-11-37-25/h2-9,12-13,24,28H,10-11,14-18H2,1H3,(H,31,34)(H,32,35)/t24-,28-/m0/s1. The van der Waals surface area contributed by atoms with E-state index in [-0.39, 0.29) is 30.6 Å². The summed E-state index contributed by atoms with van der Waals surface area (Å²) >= 11 is 0. The molecule has 4 bridgehead atoms. The minimum absolute atomic E-state index is 0.197. The van der Waals surface area contributed by atoms with Crippen LogP contribution < -0.4 is 29.6 Å². The molecule has 0 saturated carbocycles. The number of rotatable bonds is 3. The lowest BCUT2D eigenvalue weighted by Crippen LogP contribution is -2.45. The van der Waals surface area contributed by atoms with E-state index in [1.54, 1.807) is 18.2 Å². The minimum Gasteiger partial charge on any atom is -0.493 e. The molecule has 2 N–H and O–H groups in total. The van der Waals surface area contributed by atoms with Crippen molar-refractivity contribution in [2.75, 3.05) is 33.4 Å². The van der Waals surface area contributed by atoms with E-state index in [2.05, 4.69) is 27.7 Å². The summed E-state index contributed by atoms with van der Waals surface area (Å²) in [5.41, 5.74) is 3.81. The highest BCUT2D eigenvalue weighted by Gasteiger charge is 2.36. The van der Waals surface area contributed by atoms with Gasteiger partial charge in [-0.15, -0.1) is 0 Å². The second-order valence-corrected chi connectivity index (χ2v) is 10.0. The monoisotopic (exact) mass is 529 g/mol. The molecule has 4 heterocycles. The maximum Gasteiger partial charge on any atom is 0.258 e. The number of carbonyl (C=O) groups excluding carboxylic acids is 2. The van der Waals surface area contributed by atoms with Crippen molar-refractivity contribution in [2.24, 2.45) is 0 Å². The number of carbonyl (C=O) groups is 2. The van der Waals surface area contributed by atoms with Crippen molar-refractivity contribution in [1.82, 2.24) is 15.5 Å². The molecule has 0 unspecified atom stereocenters. The van der Waals surface area contributed by atoms with E-state index in [0.29, 0.717) is 42.4 Å². The number of hydrogen-bond acceptors (Lipinski definition) is 7. The van der Waals surface area contributed by atoms with Crippen LogP contribution in [0.1, 0.15) is 27.0 Å². The summed E-state index contributed by atoms with van der Waals surface area (Å²) in [6.45, 7) is 2.95. The first-order valence-corrected chi connectivity index (χ1v) is 13.1. The maximum atomic E-state index is 13.4. The summed E-state index contributed by atoms with van der Waals surface area (Å²) in [4.78, 5) is 28.0. The first-order valence-electron chi connectivity index (χ1n) is 13.1. The van der Waals surface area contributed by atoms with Crippen molar-refractivity contribution in [1.29, 1.82) is 0 Å². The van der Waals surface area contributed by atoms with Gasteiger partial charge in [-0.25, -0.2) is 0 Å². The van der Waals surface area contributed by atoms with Crippen LogP contribution in [0.3, 0.4) is 0 Å². The average Bonchev–Trinajstić information content (AvgIpc) is 3.57. The molecule has 1 saturated heterocycles. The maximum absolute atomic E-state index is 13.4. The van der Waals surface area contributed by atoms with E-state index in [9.17, 15) is 9.59 Å². The number of hydrogen-bond donors (Lipinski definition) is 2. The Morgan fingerprint density at radius 1 is 0.974 bits per heavy atom. The van der Waals surface area contributed by atoms with Crippen LogP contribution in [0.2, 0.25) is 0 Å². The third-order valence-electron chi connectivity index (χ3n) is 7.30. The fourth-order valence-corrected chi connectivity index (χ4v) is 5.27. The van der Waals surface area contributed by atoms with E-state index in [4.69, 9.17) is 18.9 Å². The van der Waals surface area contributed by atoms with E-state index in [0.717, 1.165) is 30.9 Å². The highest BCUT2D eigenvalue weighted by atomic mass is 16.5. The van der Waals surface area contributed by atoms with Gasteiger partial charge in [0.2, 0.25) is 0 Å². The van der Waals surface area contributed by atoms with Gasteiger partial charge in [-0.1, -0.05) is 24.3 Å². The number of benzene rings is 3. The zero-order chi connectivity index (χ0) is 26.8. The second-order valence-electron chi connectivity index (χ2n) is 10.0. The molecule has 1 fully saturated rings. The quantitative estimate of drug-likeness (QED) is 0.539. The Morgan fingerprint density at radius 2 is 1.85 bits per heavy atom. The lowest BCUT2D eigenvalue weighted by Gasteiger charge is -2.21. The molecule has 202 valence electrons. The highest BCUT2D eigenvalue weighted by molar-refractivity contribution is 5.95. The zero-order valence-corrected chi connectivity index (χ0v) is 21.8. The van der Waals surface area contributed by atoms with Crippen molar-refractivity contribution in [3.8, 4) is 23.0 Å². The number of nitrogens with zero attached hydrogens (tertiary/aromatic N) is 1. The van der Waals surface area contributed by atoms with Crippen LogP contribution >= 0.6 is 0 Å². The SMILES string of the molecule is COc1ccc2cc1OCC(=O)NCc1ccc(cc1)O[C@H]1CN(Cc3ccc4c(c3)CCO4)C[C@@H]1NC2=O. The molecule has 0 spiro atoms. The van der Waals surface area contributed by atoms with Crippen LogP contribution in [0.25, 0.3) is 0 Å². The Morgan fingerprint density at radius 3 is 2.69 bits per heavy atom. The molecule has 0 radical (unpaired) electrons. The lowest BCUT2D eigenvalue weighted by atomic mass is 10.1. The number of nitrogens with one attached hydrogen (secondary N) is 2. The fraction of sp³-hybridized carbons (Fsp3) is 0.333. The minimum atomic E-state index is -0.276. The van der Waals surface area contributed by atoms with Gasteiger partial charge in [0.15, 0.2) is 18.1 Å². The van der Waals surface area contributed by atoms with Crippen molar-refractivity contribution in [3.63, 3.8) is 0 Å². The normalized spacial score (nSPS) is 20.9. The van der Waals surface area contributed by atoms with Crippen LogP contribution in [0.15, 0.2) is 60.7 Å². The molecule has 3 aromatic carbocycles. The number of fused-ring (bicyclic) bond motifs is 8. The molecule has 2 atom stereocenters. The predicted molar refractivity (Wildman–Crippen MR) is 143 cm³/mol. The Hall–Kier alpha value is -4.24. The van der Waals surface area contributed by atoms with Crippen LogP contribution in [0.5, 0.6) is 23.0 Å². The summed E-state index contributed by atoms with van der Waals surface area (Å²) in [5.74, 6) is 1.93. The van der Waals surface area contributed by atoms with Crippen LogP contribution in [-0.4, -0.2) is 62.3 Å². The summed E-state index contributed by atoms with van der Waals surface area (Å²) in [5, 5.41) is 6.02. The molecule has 4 aliphatic rings. The van der Waals surface area contributed by atoms with E-state index in [1.165, 1.54) is 18.2 Å². The Balaban J connectivity index is 1.26. The molecule has 0 aromatic heterocycles. The topological polar surface area (TPSA) is 98.4 Å². The molecular weight excluding hydrogens is 498 g/mol. The van der Waals surface area contributed by atoms with Crippen molar-refractivity contribution >= 4 is 11.8 Å². The van der Waals surface area contributed by atoms with Gasteiger partial charge in [0, 0.05) is 38.2 Å². The number of methoxy groups -OCH3 is 1. The van der Waals surface area contributed by atoms with Gasteiger partial charge in [0.25, 0.3) is 11.8 Å². The summed E-state index contributed by atoms with van der Waals surface area (Å²) in [6, 6.07) is 18.7. The fourth-order valence-electron chi connectivity index (χ4n) is 5.27. The number of likely N-dealkylation sites (tertiary alicyclic amines) is 1. The van der Waals surface area contributed by atoms with Crippen LogP contribution in [0, 0.1) is 0 Å². The Kier molecular flexibility index (Phi) is 6.98. The van der Waals surface area contributed by atoms with E-state index < -0.39 is 0 Å². The first kappa shape index (κ1) is 25.1. The van der Waals surface area contributed by atoms with Gasteiger partial charge in [-0.05, 0) is 53.1 Å². The smallest absolute Gasteiger partial charge is 0.258 e. The van der Waals surface area contributed by atoms with Crippen LogP contribution in [0.4, 0.5) is 0 Å². The van der Waals surface area contributed by atoms with Gasteiger partial charge in [0.05, 0.1) is 19.8 Å². The number of amides is 2. The van der Waals surface area contributed by atoms with Gasteiger partial charge < -0.3 is 29.6 Å². The molecule has 9 nitrogen and oxygen atoms in total. The number of ether oxygens (including phenoxy) is 4. The molecule has 2 amide bonds. The Bertz CT molecular complexity index is 1380. The molecular formula is C30H31N3O6. The van der Waals surface area contributed by atoms with Crippen molar-refractivity contribution < 1.29 is 28.5 Å². The molecule has 7 rings (SSSR count). The summed E-state index contributed by atoms with van der Waals surface area (Å²) < 4.78 is 23.2. The zero-order valence-electron chi connectivity index (χ0n) is 21.8. The van der Waals surface area contributed by atoms with Crippen molar-refractivity contribution in [2.45, 2.75) is 31.7 Å². The molecule has 4 aliphatic heterocycles. The summed E-state index contributed by atoms with van der Waals surface area (Å²) in [6.07, 6.45) is 0.683. The first-order chi connectivity index (χ1) is 19.0. The second kappa shape index (κ2) is 10.9. The summed E-state index contributed by atoms with van der Waals surface area (Å²) in [7, 11) is 1.52. The van der Waals surface area contributed by atoms with Crippen molar-refractivity contribution in [3.05, 3.63) is 82.9 Å². The largest absolute Gasteiger partial charge is 0.493 e. The van der Waals surface area contributed by atoms with Gasteiger partial charge >= 0.3 is 0 Å². The van der Waals surface area contributed by atoms with Crippen LogP contribution in [-0.2, 0) is 24.3 Å². The molecule has 39 heavy (non-hydrogen) atoms. The van der Waals surface area contributed by atoms with Gasteiger partial charge in [0.1, 0.15) is 17.6 Å². The third kappa shape index (κ3) is 5.63. The molecule has 3 aromatic rings. The van der Waals surface area contributed by atoms with Gasteiger partial charge in [-0.2, -0.15) is 0 Å². The molecule has 9 heteroatoms. The van der Waals surface area contributed by atoms with Gasteiger partial charge in [-0.3, -0.25) is 14.5 Å². The highest BCUT2D eigenvalue weighted by Crippen LogP contribution is 2.30. The lowest BCUT2D eigenvalue weighted by molar-refractivity contribution is -0.123. The predicted octanol–water partition coefficient (Wildman–Crippen LogP) is 2.70. The molecule has 0 aliphatic carbocycles. The average molecular weight is 530 g/mol. The Labute approximate surface area is 227 Å². The van der Waals surface area contributed by atoms with E-state index >= 15 is 0 Å².